The summed E-state index contributed by atoms with van der Waals surface area (Å²) in [6, 6.07) is 16.6. The number of pyridine rings is 1. The van der Waals surface area contributed by atoms with Crippen molar-refractivity contribution < 1.29 is 4.39 Å². The van der Waals surface area contributed by atoms with Crippen molar-refractivity contribution in [3.05, 3.63) is 66.1 Å². The summed E-state index contributed by atoms with van der Waals surface area (Å²) in [5, 5.41) is 2.50. The minimum Gasteiger partial charge on any atom is -0.253 e. The summed E-state index contributed by atoms with van der Waals surface area (Å²) in [6.07, 6.45) is 1.34. The number of fused-ring (bicyclic) bond motifs is 3. The maximum atomic E-state index is 14.0. The van der Waals surface area contributed by atoms with E-state index in [1.54, 1.807) is 11.3 Å². The average Bonchev–Trinajstić information content (AvgIpc) is 2.94. The van der Waals surface area contributed by atoms with E-state index in [2.05, 4.69) is 47.4 Å². The third kappa shape index (κ3) is 2.32. The first-order chi connectivity index (χ1) is 11.1. The molecule has 0 aliphatic carbocycles. The zero-order valence-corrected chi connectivity index (χ0v) is 13.8. The van der Waals surface area contributed by atoms with Crippen LogP contribution in [0.15, 0.2) is 54.7 Å². The highest BCUT2D eigenvalue weighted by Crippen LogP contribution is 2.39. The van der Waals surface area contributed by atoms with Gasteiger partial charge < -0.3 is 0 Å². The predicted molar refractivity (Wildman–Crippen MR) is 96.6 cm³/mol. The van der Waals surface area contributed by atoms with Gasteiger partial charge in [0.25, 0.3) is 0 Å². The van der Waals surface area contributed by atoms with Crippen LogP contribution in [0, 0.1) is 5.82 Å². The Morgan fingerprint density at radius 2 is 1.78 bits per heavy atom. The van der Waals surface area contributed by atoms with Crippen molar-refractivity contribution in [2.24, 2.45) is 0 Å². The number of thiophene rings is 1. The van der Waals surface area contributed by atoms with Gasteiger partial charge in [-0.05, 0) is 23.6 Å². The smallest absolute Gasteiger partial charge is 0.144 e. The van der Waals surface area contributed by atoms with Gasteiger partial charge in [-0.2, -0.15) is 0 Å². The van der Waals surface area contributed by atoms with E-state index in [-0.39, 0.29) is 11.7 Å². The summed E-state index contributed by atoms with van der Waals surface area (Å²) in [7, 11) is 0. The summed E-state index contributed by atoms with van der Waals surface area (Å²) in [5.41, 5.74) is 2.63. The highest BCUT2D eigenvalue weighted by atomic mass is 32.1. The van der Waals surface area contributed by atoms with Crippen molar-refractivity contribution in [1.29, 1.82) is 0 Å². The van der Waals surface area contributed by atoms with Crippen LogP contribution in [0.5, 0.6) is 0 Å². The van der Waals surface area contributed by atoms with Crippen molar-refractivity contribution in [1.82, 2.24) is 4.98 Å². The Hall–Kier alpha value is -2.26. The predicted octanol–water partition coefficient (Wildman–Crippen LogP) is 6.38. The lowest BCUT2D eigenvalue weighted by Crippen LogP contribution is -1.96. The molecule has 0 aliphatic rings. The number of aromatic nitrogens is 1. The lowest BCUT2D eigenvalue weighted by atomic mass is 10.00. The van der Waals surface area contributed by atoms with Crippen LogP contribution in [-0.2, 0) is 0 Å². The van der Waals surface area contributed by atoms with E-state index >= 15 is 0 Å². The summed E-state index contributed by atoms with van der Waals surface area (Å²) in [6.45, 7) is 4.00. The van der Waals surface area contributed by atoms with E-state index < -0.39 is 0 Å². The van der Waals surface area contributed by atoms with Crippen molar-refractivity contribution in [3.63, 3.8) is 0 Å². The molecule has 0 bridgehead atoms. The topological polar surface area (TPSA) is 12.9 Å². The molecule has 0 fully saturated rings. The van der Waals surface area contributed by atoms with E-state index in [0.29, 0.717) is 5.56 Å². The van der Waals surface area contributed by atoms with Gasteiger partial charge in [-0.1, -0.05) is 50.2 Å². The third-order valence-corrected chi connectivity index (χ3v) is 5.41. The van der Waals surface area contributed by atoms with Gasteiger partial charge in [0.1, 0.15) is 5.82 Å². The Morgan fingerprint density at radius 1 is 1.00 bits per heavy atom. The second kappa shape index (κ2) is 5.43. The molecule has 2 heterocycles. The van der Waals surface area contributed by atoms with Crippen molar-refractivity contribution in [3.8, 4) is 11.3 Å². The fourth-order valence-corrected chi connectivity index (χ4v) is 4.22. The van der Waals surface area contributed by atoms with E-state index in [0.717, 1.165) is 11.3 Å². The molecule has 0 unspecified atom stereocenters. The number of nitrogens with zero attached hydrogens (tertiary/aromatic N) is 1. The molecule has 2 aromatic carbocycles. The molecular formula is C20H16FNS. The molecule has 0 saturated carbocycles. The Balaban J connectivity index is 2.01. The largest absolute Gasteiger partial charge is 0.253 e. The molecule has 4 rings (SSSR count). The normalized spacial score (nSPS) is 11.7. The second-order valence-corrected chi connectivity index (χ2v) is 7.08. The summed E-state index contributed by atoms with van der Waals surface area (Å²) in [4.78, 5) is 4.34. The minimum atomic E-state index is -0.229. The highest BCUT2D eigenvalue weighted by Gasteiger charge is 2.14. The number of hydrogen-bond donors (Lipinski definition) is 0. The zero-order valence-electron chi connectivity index (χ0n) is 13.0. The first kappa shape index (κ1) is 14.3. The number of halogens is 1. The number of benzene rings is 2. The number of hydrogen-bond acceptors (Lipinski definition) is 2. The Bertz CT molecular complexity index is 1020. The lowest BCUT2D eigenvalue weighted by molar-refractivity contribution is 0.592. The molecule has 0 atom stereocenters. The maximum absolute atomic E-state index is 14.0. The van der Waals surface area contributed by atoms with Gasteiger partial charge in [-0.15, -0.1) is 11.3 Å². The van der Waals surface area contributed by atoms with Gasteiger partial charge in [0.05, 0.1) is 11.9 Å². The molecule has 0 spiro atoms. The first-order valence-electron chi connectivity index (χ1n) is 7.71. The van der Waals surface area contributed by atoms with Crippen LogP contribution < -0.4 is 0 Å². The molecule has 114 valence electrons. The minimum absolute atomic E-state index is 0.137. The maximum Gasteiger partial charge on any atom is 0.144 e. The van der Waals surface area contributed by atoms with Crippen molar-refractivity contribution >= 4 is 31.5 Å². The number of rotatable bonds is 2. The SMILES string of the molecule is CC(C)c1cc(-c2cccc3c2sc2ccccc23)ncc1F. The molecule has 3 heteroatoms. The van der Waals surface area contributed by atoms with Gasteiger partial charge >= 0.3 is 0 Å². The van der Waals surface area contributed by atoms with Gasteiger partial charge in [0.15, 0.2) is 0 Å². The fraction of sp³-hybridized carbons (Fsp3) is 0.150. The highest BCUT2D eigenvalue weighted by molar-refractivity contribution is 7.26. The lowest BCUT2D eigenvalue weighted by Gasteiger charge is -2.09. The van der Waals surface area contributed by atoms with E-state index in [1.807, 2.05) is 19.9 Å². The Kier molecular flexibility index (Phi) is 3.38. The molecular weight excluding hydrogens is 305 g/mol. The van der Waals surface area contributed by atoms with Gasteiger partial charge in [0.2, 0.25) is 0 Å². The van der Waals surface area contributed by atoms with Gasteiger partial charge in [-0.3, -0.25) is 4.98 Å². The van der Waals surface area contributed by atoms with Crippen LogP contribution in [0.4, 0.5) is 4.39 Å². The molecule has 1 nitrogen and oxygen atoms in total. The Labute approximate surface area is 138 Å². The molecule has 2 aromatic heterocycles. The van der Waals surface area contributed by atoms with Gasteiger partial charge in [-0.25, -0.2) is 4.39 Å². The molecule has 0 N–H and O–H groups in total. The molecule has 0 amide bonds. The monoisotopic (exact) mass is 321 g/mol. The molecule has 0 radical (unpaired) electrons. The molecule has 23 heavy (non-hydrogen) atoms. The summed E-state index contributed by atoms with van der Waals surface area (Å²) >= 11 is 1.77. The van der Waals surface area contributed by atoms with Crippen molar-refractivity contribution in [2.75, 3.05) is 0 Å². The van der Waals surface area contributed by atoms with E-state index in [1.165, 1.54) is 26.4 Å². The molecule has 0 aliphatic heterocycles. The van der Waals surface area contributed by atoms with Crippen LogP contribution in [0.25, 0.3) is 31.4 Å². The van der Waals surface area contributed by atoms with Crippen LogP contribution in [0.2, 0.25) is 0 Å². The van der Waals surface area contributed by atoms with Crippen LogP contribution >= 0.6 is 11.3 Å². The summed E-state index contributed by atoms with van der Waals surface area (Å²) < 4.78 is 16.4. The van der Waals surface area contributed by atoms with E-state index in [9.17, 15) is 4.39 Å². The van der Waals surface area contributed by atoms with Crippen LogP contribution in [-0.4, -0.2) is 4.98 Å². The zero-order chi connectivity index (χ0) is 16.0. The van der Waals surface area contributed by atoms with Crippen LogP contribution in [0.1, 0.15) is 25.3 Å². The van der Waals surface area contributed by atoms with Crippen LogP contribution in [0.3, 0.4) is 0 Å². The summed E-state index contributed by atoms with van der Waals surface area (Å²) in [5.74, 6) is -0.0920. The second-order valence-electron chi connectivity index (χ2n) is 6.03. The molecule has 4 aromatic rings. The average molecular weight is 321 g/mol. The van der Waals surface area contributed by atoms with E-state index in [4.69, 9.17) is 0 Å². The van der Waals surface area contributed by atoms with Crippen molar-refractivity contribution in [2.45, 2.75) is 19.8 Å². The molecule has 0 saturated heterocycles. The first-order valence-corrected chi connectivity index (χ1v) is 8.53. The standard InChI is InChI=1S/C20H16FNS/c1-12(2)16-10-18(22-11-17(16)21)15-8-5-7-14-13-6-3-4-9-19(13)23-20(14)15/h3-12H,1-2H3. The third-order valence-electron chi connectivity index (χ3n) is 4.19. The Morgan fingerprint density at radius 3 is 2.61 bits per heavy atom. The fourth-order valence-electron chi connectivity index (χ4n) is 2.99. The quantitative estimate of drug-likeness (QED) is 0.417. The van der Waals surface area contributed by atoms with Gasteiger partial charge in [0, 0.05) is 25.7 Å².